The van der Waals surface area contributed by atoms with Crippen LogP contribution in [-0.2, 0) is 39.0 Å². The molecule has 0 unspecified atom stereocenters. The average Bonchev–Trinajstić information content (AvgIpc) is 3.77. The maximum atomic E-state index is 3.25. The standard InChI is InChI=1S/2C21H17.C2H6.C2H5.2ClH.Si.Zr/c2*1-2-15-13-17-9-6-12-20(21(17)14-15)19-11-5-8-16-7-3-4-10-18(16)19;2*1-2;;;;/h2*3-14H,2H2,1H3;1-2H3;1H2,2H3;2*1H;;/q2*-1;;-1;;;;+3. The van der Waals surface area contributed by atoms with Crippen LogP contribution in [0.5, 0.6) is 0 Å². The molecule has 0 aliphatic rings. The quantitative estimate of drug-likeness (QED) is 0.123. The predicted molar refractivity (Wildman–Crippen MR) is 226 cm³/mol. The van der Waals surface area contributed by atoms with E-state index in [0.717, 1.165) is 12.8 Å². The molecule has 8 aromatic rings. The molecule has 0 N–H and O–H groups in total. The zero-order valence-electron chi connectivity index (χ0n) is 29.8. The van der Waals surface area contributed by atoms with Crippen molar-refractivity contribution in [3.05, 3.63) is 164 Å². The molecule has 8 aromatic carbocycles. The Hall–Kier alpha value is -3.26. The van der Waals surface area contributed by atoms with Gasteiger partial charge in [0.05, 0.1) is 0 Å². The summed E-state index contributed by atoms with van der Waals surface area (Å²) in [5.74, 6) is 0. The van der Waals surface area contributed by atoms with Gasteiger partial charge in [0.25, 0.3) is 0 Å². The molecule has 0 atom stereocenters. The number of hydrogen-bond acceptors (Lipinski definition) is 0. The van der Waals surface area contributed by atoms with Crippen LogP contribution >= 0.6 is 24.8 Å². The average molecular weight is 790 g/mol. The molecule has 8 rings (SSSR count). The first kappa shape index (κ1) is 44.8. The van der Waals surface area contributed by atoms with Crippen LogP contribution in [0.15, 0.2) is 146 Å². The van der Waals surface area contributed by atoms with Crippen molar-refractivity contribution in [2.75, 3.05) is 0 Å². The molecule has 0 heterocycles. The Labute approximate surface area is 336 Å². The topological polar surface area (TPSA) is 0 Å². The molecule has 0 saturated carbocycles. The molecule has 253 valence electrons. The zero-order chi connectivity index (χ0) is 32.5. The number of fused-ring (bicyclic) bond motifs is 4. The number of rotatable bonds is 4. The largest absolute Gasteiger partial charge is 3.00 e. The fourth-order valence-electron chi connectivity index (χ4n) is 6.39. The van der Waals surface area contributed by atoms with Crippen molar-refractivity contribution >= 4 is 78.9 Å². The molecule has 0 aliphatic carbocycles. The zero-order valence-corrected chi connectivity index (χ0v) is 34.9. The molecule has 0 saturated heterocycles. The minimum Gasteiger partial charge on any atom is -0.346 e. The van der Waals surface area contributed by atoms with Gasteiger partial charge in [0.1, 0.15) is 0 Å². The maximum absolute atomic E-state index is 3.25. The van der Waals surface area contributed by atoms with Crippen LogP contribution in [0.1, 0.15) is 45.7 Å². The van der Waals surface area contributed by atoms with E-state index in [1.165, 1.54) is 76.5 Å². The number of halogens is 2. The molecule has 0 fully saturated rings. The van der Waals surface area contributed by atoms with E-state index in [2.05, 4.69) is 166 Å². The second kappa shape index (κ2) is 21.8. The van der Waals surface area contributed by atoms with Crippen LogP contribution in [0, 0.1) is 6.92 Å². The summed E-state index contributed by atoms with van der Waals surface area (Å²) in [6, 6.07) is 52.9. The third-order valence-electron chi connectivity index (χ3n) is 8.60. The van der Waals surface area contributed by atoms with Crippen LogP contribution in [-0.4, -0.2) is 11.0 Å². The van der Waals surface area contributed by atoms with Gasteiger partial charge in [-0.25, -0.2) is 0 Å². The Bertz CT molecular complexity index is 2020. The fourth-order valence-corrected chi connectivity index (χ4v) is 6.39. The summed E-state index contributed by atoms with van der Waals surface area (Å²) in [5.41, 5.74) is 8.15. The molecule has 0 spiro atoms. The van der Waals surface area contributed by atoms with Crippen LogP contribution in [0.2, 0.25) is 0 Å². The summed E-state index contributed by atoms with van der Waals surface area (Å²) in [7, 11) is 0. The van der Waals surface area contributed by atoms with Crippen molar-refractivity contribution in [1.29, 1.82) is 0 Å². The molecule has 0 aliphatic heterocycles. The first-order valence-corrected chi connectivity index (χ1v) is 16.8. The minimum atomic E-state index is 0. The fraction of sp³-hybridized carbons (Fsp3) is 0.152. The first-order chi connectivity index (χ1) is 22.7. The maximum Gasteiger partial charge on any atom is 3.00 e. The second-order valence-electron chi connectivity index (χ2n) is 11.1. The summed E-state index contributed by atoms with van der Waals surface area (Å²) in [4.78, 5) is 0. The van der Waals surface area contributed by atoms with Gasteiger partial charge in [-0.15, -0.1) is 93.9 Å². The molecule has 0 bridgehead atoms. The van der Waals surface area contributed by atoms with Crippen LogP contribution in [0.3, 0.4) is 0 Å². The molecule has 0 aromatic heterocycles. The van der Waals surface area contributed by atoms with Crippen LogP contribution in [0.25, 0.3) is 65.3 Å². The van der Waals surface area contributed by atoms with Gasteiger partial charge < -0.3 is 6.92 Å². The van der Waals surface area contributed by atoms with E-state index in [-0.39, 0.29) is 62.0 Å². The number of benzene rings is 6. The molecular formula is C46H47Cl2SiZr. The monoisotopic (exact) mass is 787 g/mol. The van der Waals surface area contributed by atoms with E-state index in [9.17, 15) is 0 Å². The molecule has 4 heteroatoms. The van der Waals surface area contributed by atoms with Gasteiger partial charge in [0.15, 0.2) is 0 Å². The van der Waals surface area contributed by atoms with E-state index in [1.54, 1.807) is 6.92 Å². The molecule has 5 radical (unpaired) electrons. The first-order valence-electron chi connectivity index (χ1n) is 16.8. The van der Waals surface area contributed by atoms with E-state index in [1.807, 2.05) is 13.8 Å². The Morgan fingerprint density at radius 2 is 0.740 bits per heavy atom. The summed E-state index contributed by atoms with van der Waals surface area (Å²) < 4.78 is 0. The van der Waals surface area contributed by atoms with Crippen LogP contribution < -0.4 is 0 Å². The molecule has 0 nitrogen and oxygen atoms in total. The van der Waals surface area contributed by atoms with E-state index in [4.69, 9.17) is 0 Å². The van der Waals surface area contributed by atoms with Gasteiger partial charge in [-0.1, -0.05) is 136 Å². The Kier molecular flexibility index (Phi) is 19.6. The van der Waals surface area contributed by atoms with Crippen molar-refractivity contribution in [2.45, 2.75) is 47.5 Å². The SMILES string of the molecule is CC.CCc1cc2c(-c3cccc4ccccc34)cccc2[cH-]1.CCc1cc2c(-c3cccc4ccccc34)cccc2[cH-]1.Cl.Cl.[CH2-]C.[Si].[Zr+3]. The summed E-state index contributed by atoms with van der Waals surface area (Å²) in [6.07, 6.45) is 2.17. The van der Waals surface area contributed by atoms with Gasteiger partial charge in [0.2, 0.25) is 0 Å². The second-order valence-corrected chi connectivity index (χ2v) is 11.1. The normalized spacial score (nSPS) is 9.72. The predicted octanol–water partition coefficient (Wildman–Crippen LogP) is 14.2. The van der Waals surface area contributed by atoms with E-state index < -0.39 is 0 Å². The summed E-state index contributed by atoms with van der Waals surface area (Å²) in [5, 5.41) is 10.7. The van der Waals surface area contributed by atoms with Gasteiger partial charge in [-0.3, -0.25) is 0 Å². The Morgan fingerprint density at radius 3 is 1.10 bits per heavy atom. The Morgan fingerprint density at radius 1 is 0.440 bits per heavy atom. The smallest absolute Gasteiger partial charge is 0.346 e. The number of hydrogen-bond donors (Lipinski definition) is 0. The van der Waals surface area contributed by atoms with Gasteiger partial charge >= 0.3 is 26.2 Å². The van der Waals surface area contributed by atoms with Gasteiger partial charge in [-0.2, -0.15) is 19.1 Å². The van der Waals surface area contributed by atoms with E-state index in [0.29, 0.717) is 0 Å². The third-order valence-corrected chi connectivity index (χ3v) is 8.60. The molecule has 0 amide bonds. The Balaban J connectivity index is 0.000000424. The van der Waals surface area contributed by atoms with Crippen molar-refractivity contribution in [3.8, 4) is 22.3 Å². The van der Waals surface area contributed by atoms with Crippen molar-refractivity contribution in [2.24, 2.45) is 0 Å². The third kappa shape index (κ3) is 9.54. The number of aryl methyl sites for hydroxylation is 2. The van der Waals surface area contributed by atoms with E-state index >= 15 is 0 Å². The molecular weight excluding hydrogens is 743 g/mol. The van der Waals surface area contributed by atoms with Crippen molar-refractivity contribution in [1.82, 2.24) is 0 Å². The van der Waals surface area contributed by atoms with Crippen molar-refractivity contribution < 1.29 is 26.2 Å². The summed E-state index contributed by atoms with van der Waals surface area (Å²) >= 11 is 0. The van der Waals surface area contributed by atoms with Crippen LogP contribution in [0.4, 0.5) is 0 Å². The summed E-state index contributed by atoms with van der Waals surface area (Å²) in [6.45, 7) is 13.4. The minimum absolute atomic E-state index is 0. The molecule has 50 heavy (non-hydrogen) atoms. The van der Waals surface area contributed by atoms with Crippen molar-refractivity contribution in [3.63, 3.8) is 0 Å². The van der Waals surface area contributed by atoms with Gasteiger partial charge in [0, 0.05) is 11.0 Å². The van der Waals surface area contributed by atoms with Gasteiger partial charge in [-0.05, 0) is 45.5 Å².